The van der Waals surface area contributed by atoms with Crippen LogP contribution in [-0.4, -0.2) is 25.5 Å². The summed E-state index contributed by atoms with van der Waals surface area (Å²) >= 11 is 0. The summed E-state index contributed by atoms with van der Waals surface area (Å²) in [5.74, 6) is 0.737. The van der Waals surface area contributed by atoms with E-state index in [1.165, 1.54) is 5.30 Å². The van der Waals surface area contributed by atoms with E-state index in [2.05, 4.69) is 26.0 Å². The molecule has 0 aliphatic rings. The maximum Gasteiger partial charge on any atom is 0.0512 e. The second-order valence-electron chi connectivity index (χ2n) is 3.50. The Morgan fingerprint density at radius 2 is 1.86 bits per heavy atom. The van der Waals surface area contributed by atoms with Gasteiger partial charge in [0.15, 0.2) is 0 Å². The monoisotopic (exact) mass is 203 g/mol. The molecule has 0 aliphatic carbocycles. The molecule has 1 nitrogen and oxygen atoms in total. The molecule has 0 saturated heterocycles. The Balaban J connectivity index is 0.00000169. The van der Waals surface area contributed by atoms with Gasteiger partial charge in [-0.3, -0.25) is 0 Å². The van der Waals surface area contributed by atoms with Gasteiger partial charge in [-0.25, -0.2) is 0 Å². The standard InChI is InChI=1S/C11H17OP.Li/c1-10(2)8-9-12-13-11-6-4-3-5-7-11;/h3-7,10,13H,8-9H2,1-2H3;. The van der Waals surface area contributed by atoms with E-state index < -0.39 is 0 Å². The fraction of sp³-hybridized carbons (Fsp3) is 0.455. The van der Waals surface area contributed by atoms with Crippen LogP contribution in [0.15, 0.2) is 30.3 Å². The molecule has 3 heteroatoms. The molecule has 0 bridgehead atoms. The summed E-state index contributed by atoms with van der Waals surface area (Å²) in [5.41, 5.74) is 0. The summed E-state index contributed by atoms with van der Waals surface area (Å²) in [7, 11) is 0.504. The first-order valence-corrected chi connectivity index (χ1v) is 5.62. The molecule has 1 unspecified atom stereocenters. The average molecular weight is 203 g/mol. The van der Waals surface area contributed by atoms with Gasteiger partial charge < -0.3 is 4.52 Å². The molecule has 14 heavy (non-hydrogen) atoms. The summed E-state index contributed by atoms with van der Waals surface area (Å²) in [4.78, 5) is 0. The van der Waals surface area contributed by atoms with E-state index in [0.29, 0.717) is 8.81 Å². The third kappa shape index (κ3) is 6.63. The van der Waals surface area contributed by atoms with Crippen LogP contribution in [0.4, 0.5) is 0 Å². The van der Waals surface area contributed by atoms with Crippen LogP contribution < -0.4 is 5.30 Å². The third-order valence-electron chi connectivity index (χ3n) is 1.76. The first-order chi connectivity index (χ1) is 6.29. The van der Waals surface area contributed by atoms with Gasteiger partial charge in [0.05, 0.1) is 6.61 Å². The van der Waals surface area contributed by atoms with Crippen LogP contribution in [0.5, 0.6) is 0 Å². The topological polar surface area (TPSA) is 9.23 Å². The predicted octanol–water partition coefficient (Wildman–Crippen LogP) is 2.59. The molecule has 0 spiro atoms. The largest absolute Gasteiger partial charge is 0.358 e. The first-order valence-electron chi connectivity index (χ1n) is 4.72. The normalized spacial score (nSPS) is 10.8. The SMILES string of the molecule is CC(C)CCOPc1ccccc1.[Li]. The molecule has 1 atom stereocenters. The number of benzene rings is 1. The van der Waals surface area contributed by atoms with Crippen LogP contribution in [-0.2, 0) is 4.52 Å². The van der Waals surface area contributed by atoms with Crippen LogP contribution in [0.3, 0.4) is 0 Å². The first kappa shape index (κ1) is 14.2. The van der Waals surface area contributed by atoms with Crippen LogP contribution in [0, 0.1) is 5.92 Å². The minimum absolute atomic E-state index is 0. The van der Waals surface area contributed by atoms with E-state index in [1.54, 1.807) is 0 Å². The molecule has 0 saturated carbocycles. The quantitative estimate of drug-likeness (QED) is 0.406. The summed E-state index contributed by atoms with van der Waals surface area (Å²) in [6.07, 6.45) is 1.15. The maximum absolute atomic E-state index is 5.56. The van der Waals surface area contributed by atoms with E-state index in [4.69, 9.17) is 4.52 Å². The van der Waals surface area contributed by atoms with Gasteiger partial charge in [0.25, 0.3) is 0 Å². The van der Waals surface area contributed by atoms with Crippen molar-refractivity contribution in [3.8, 4) is 0 Å². The summed E-state index contributed by atoms with van der Waals surface area (Å²) < 4.78 is 5.56. The molecular formula is C11H17LiOP. The molecule has 1 radical (unpaired) electrons. The zero-order valence-corrected chi connectivity index (χ0v) is 10.3. The van der Waals surface area contributed by atoms with Gasteiger partial charge in [0, 0.05) is 27.7 Å². The van der Waals surface area contributed by atoms with Crippen molar-refractivity contribution in [1.29, 1.82) is 0 Å². The molecule has 0 heterocycles. The van der Waals surface area contributed by atoms with Gasteiger partial charge in [-0.05, 0) is 17.6 Å². The zero-order valence-electron chi connectivity index (χ0n) is 9.29. The van der Waals surface area contributed by atoms with E-state index in [0.717, 1.165) is 18.9 Å². The van der Waals surface area contributed by atoms with Gasteiger partial charge in [-0.15, -0.1) is 0 Å². The molecule has 1 rings (SSSR count). The zero-order chi connectivity index (χ0) is 9.52. The van der Waals surface area contributed by atoms with Gasteiger partial charge in [0.2, 0.25) is 0 Å². The Labute approximate surface area is 101 Å². The van der Waals surface area contributed by atoms with Crippen LogP contribution in [0.1, 0.15) is 20.3 Å². The number of hydrogen-bond acceptors (Lipinski definition) is 1. The van der Waals surface area contributed by atoms with Gasteiger partial charge >= 0.3 is 0 Å². The molecule has 73 valence electrons. The fourth-order valence-corrected chi connectivity index (χ4v) is 1.65. The fourth-order valence-electron chi connectivity index (χ4n) is 0.935. The molecule has 0 aromatic heterocycles. The van der Waals surface area contributed by atoms with Gasteiger partial charge in [-0.2, -0.15) is 0 Å². The van der Waals surface area contributed by atoms with E-state index >= 15 is 0 Å². The minimum atomic E-state index is 0. The second-order valence-corrected chi connectivity index (χ2v) is 4.57. The van der Waals surface area contributed by atoms with Crippen LogP contribution in [0.25, 0.3) is 0 Å². The summed E-state index contributed by atoms with van der Waals surface area (Å²) in [5, 5.41) is 1.28. The van der Waals surface area contributed by atoms with E-state index in [9.17, 15) is 0 Å². The summed E-state index contributed by atoms with van der Waals surface area (Å²) in [6, 6.07) is 10.3. The van der Waals surface area contributed by atoms with E-state index in [-0.39, 0.29) is 18.9 Å². The van der Waals surface area contributed by atoms with Crippen molar-refractivity contribution in [2.24, 2.45) is 5.92 Å². The maximum atomic E-state index is 5.56. The molecule has 0 N–H and O–H groups in total. The van der Waals surface area contributed by atoms with Crippen LogP contribution in [0.2, 0.25) is 0 Å². The molecule has 0 amide bonds. The Hall–Kier alpha value is 0.207. The molecule has 1 aromatic carbocycles. The van der Waals surface area contributed by atoms with Crippen molar-refractivity contribution in [2.45, 2.75) is 20.3 Å². The summed E-state index contributed by atoms with van der Waals surface area (Å²) in [6.45, 7) is 5.31. The average Bonchev–Trinajstić information content (AvgIpc) is 2.14. The Kier molecular flexibility index (Phi) is 8.64. The van der Waals surface area contributed by atoms with E-state index in [1.807, 2.05) is 18.2 Å². The van der Waals surface area contributed by atoms with Crippen molar-refractivity contribution in [3.63, 3.8) is 0 Å². The van der Waals surface area contributed by atoms with Crippen LogP contribution >= 0.6 is 8.81 Å². The van der Waals surface area contributed by atoms with Crippen molar-refractivity contribution in [3.05, 3.63) is 30.3 Å². The van der Waals surface area contributed by atoms with Gasteiger partial charge in [0.1, 0.15) is 0 Å². The Bertz CT molecular complexity index is 226. The minimum Gasteiger partial charge on any atom is -0.358 e. The van der Waals surface area contributed by atoms with Crippen molar-refractivity contribution >= 4 is 33.0 Å². The Morgan fingerprint density at radius 1 is 1.21 bits per heavy atom. The molecule has 1 aromatic rings. The number of hydrogen-bond donors (Lipinski definition) is 0. The number of rotatable bonds is 5. The van der Waals surface area contributed by atoms with Crippen molar-refractivity contribution in [2.75, 3.05) is 6.61 Å². The second kappa shape index (κ2) is 8.51. The predicted molar refractivity (Wildman–Crippen MR) is 65.6 cm³/mol. The van der Waals surface area contributed by atoms with Crippen molar-refractivity contribution < 1.29 is 4.52 Å². The van der Waals surface area contributed by atoms with Crippen molar-refractivity contribution in [1.82, 2.24) is 0 Å². The smallest absolute Gasteiger partial charge is 0.0512 e. The third-order valence-corrected chi connectivity index (χ3v) is 2.68. The van der Waals surface area contributed by atoms with Gasteiger partial charge in [-0.1, -0.05) is 44.2 Å². The molecular weight excluding hydrogens is 186 g/mol. The molecule has 0 aliphatic heterocycles. The molecule has 0 fully saturated rings. The Morgan fingerprint density at radius 3 is 2.43 bits per heavy atom.